The van der Waals surface area contributed by atoms with Gasteiger partial charge in [-0.2, -0.15) is 0 Å². The van der Waals surface area contributed by atoms with Crippen molar-refractivity contribution < 1.29 is 19.1 Å². The van der Waals surface area contributed by atoms with Crippen molar-refractivity contribution in [1.29, 1.82) is 0 Å². The number of hydrogen-bond acceptors (Lipinski definition) is 4. The van der Waals surface area contributed by atoms with Crippen molar-refractivity contribution in [3.63, 3.8) is 0 Å². The zero-order valence-corrected chi connectivity index (χ0v) is 16.2. The van der Waals surface area contributed by atoms with Gasteiger partial charge in [-0.15, -0.1) is 0 Å². The van der Waals surface area contributed by atoms with Crippen molar-refractivity contribution in [1.82, 2.24) is 4.90 Å². The van der Waals surface area contributed by atoms with E-state index in [0.29, 0.717) is 29.9 Å². The van der Waals surface area contributed by atoms with E-state index >= 15 is 0 Å². The van der Waals surface area contributed by atoms with Crippen LogP contribution in [-0.2, 0) is 11.2 Å². The predicted molar refractivity (Wildman–Crippen MR) is 106 cm³/mol. The minimum atomic E-state index is 0.0167. The molecule has 146 valence electrons. The SMILES string of the molecule is COc1ccc(C2CCCN2C(=O)c2ccc3c(c2)CCC(=O)N3)cc1OC. The van der Waals surface area contributed by atoms with Crippen LogP contribution in [0.5, 0.6) is 11.5 Å². The van der Waals surface area contributed by atoms with E-state index in [9.17, 15) is 9.59 Å². The lowest BCUT2D eigenvalue weighted by Gasteiger charge is -2.26. The van der Waals surface area contributed by atoms with E-state index in [0.717, 1.165) is 36.2 Å². The van der Waals surface area contributed by atoms with Crippen LogP contribution in [-0.4, -0.2) is 37.5 Å². The molecule has 0 radical (unpaired) electrons. The molecule has 1 saturated heterocycles. The Labute approximate surface area is 164 Å². The van der Waals surface area contributed by atoms with Gasteiger partial charge in [0.05, 0.1) is 20.3 Å². The zero-order chi connectivity index (χ0) is 19.7. The summed E-state index contributed by atoms with van der Waals surface area (Å²) in [7, 11) is 3.23. The smallest absolute Gasteiger partial charge is 0.254 e. The van der Waals surface area contributed by atoms with Gasteiger partial charge in [-0.25, -0.2) is 0 Å². The average Bonchev–Trinajstić information content (AvgIpc) is 3.22. The second-order valence-electron chi connectivity index (χ2n) is 7.19. The summed E-state index contributed by atoms with van der Waals surface area (Å²) in [5, 5.41) is 2.86. The molecule has 1 N–H and O–H groups in total. The van der Waals surface area contributed by atoms with Gasteiger partial charge in [-0.3, -0.25) is 9.59 Å². The Morgan fingerprint density at radius 2 is 1.89 bits per heavy atom. The molecule has 2 aliphatic rings. The molecule has 2 amide bonds. The molecule has 2 heterocycles. The van der Waals surface area contributed by atoms with Crippen molar-refractivity contribution in [3.8, 4) is 11.5 Å². The Morgan fingerprint density at radius 1 is 1.07 bits per heavy atom. The summed E-state index contributed by atoms with van der Waals surface area (Å²) < 4.78 is 10.7. The maximum absolute atomic E-state index is 13.2. The van der Waals surface area contributed by atoms with E-state index in [4.69, 9.17) is 9.47 Å². The number of aryl methyl sites for hydroxylation is 1. The number of carbonyl (C=O) groups is 2. The van der Waals surface area contributed by atoms with E-state index in [1.54, 1.807) is 20.3 Å². The first-order valence-corrected chi connectivity index (χ1v) is 9.56. The number of amides is 2. The standard InChI is InChI=1S/C22H24N2O4/c1-27-19-9-6-15(13-20(19)28-2)18-4-3-11-24(18)22(26)16-5-8-17-14(12-16)7-10-21(25)23-17/h5-6,8-9,12-13,18H,3-4,7,10-11H2,1-2H3,(H,23,25). The largest absolute Gasteiger partial charge is 0.493 e. The highest BCUT2D eigenvalue weighted by molar-refractivity contribution is 5.98. The van der Waals surface area contributed by atoms with Gasteiger partial charge in [0.15, 0.2) is 11.5 Å². The second-order valence-corrected chi connectivity index (χ2v) is 7.19. The molecule has 0 bridgehead atoms. The molecule has 6 heteroatoms. The van der Waals surface area contributed by atoms with Crippen molar-refractivity contribution in [2.45, 2.75) is 31.7 Å². The first-order chi connectivity index (χ1) is 13.6. The normalized spacial score (nSPS) is 18.4. The molecule has 1 fully saturated rings. The number of ether oxygens (including phenoxy) is 2. The number of carbonyl (C=O) groups excluding carboxylic acids is 2. The Balaban J connectivity index is 1.60. The number of methoxy groups -OCH3 is 2. The molecule has 2 aliphatic heterocycles. The van der Waals surface area contributed by atoms with Gasteiger partial charge in [0, 0.05) is 24.2 Å². The lowest BCUT2D eigenvalue weighted by Crippen LogP contribution is -2.31. The first kappa shape index (κ1) is 18.3. The minimum absolute atomic E-state index is 0.0167. The minimum Gasteiger partial charge on any atom is -0.493 e. The summed E-state index contributed by atoms with van der Waals surface area (Å²) in [6, 6.07) is 11.4. The van der Waals surface area contributed by atoms with Crippen molar-refractivity contribution in [2.24, 2.45) is 0 Å². The van der Waals surface area contributed by atoms with Crippen LogP contribution >= 0.6 is 0 Å². The molecule has 4 rings (SSSR count). The van der Waals surface area contributed by atoms with Gasteiger partial charge in [0.1, 0.15) is 0 Å². The summed E-state index contributed by atoms with van der Waals surface area (Å²) in [6.07, 6.45) is 3.01. The number of anilines is 1. The van der Waals surface area contributed by atoms with Gasteiger partial charge in [0.25, 0.3) is 5.91 Å². The lowest BCUT2D eigenvalue weighted by molar-refractivity contribution is -0.116. The number of nitrogens with zero attached hydrogens (tertiary/aromatic N) is 1. The van der Waals surface area contributed by atoms with Crippen LogP contribution in [0.4, 0.5) is 5.69 Å². The maximum Gasteiger partial charge on any atom is 0.254 e. The zero-order valence-electron chi connectivity index (χ0n) is 16.2. The lowest BCUT2D eigenvalue weighted by atomic mass is 9.99. The van der Waals surface area contributed by atoms with Crippen LogP contribution in [0, 0.1) is 0 Å². The van der Waals surface area contributed by atoms with Gasteiger partial charge >= 0.3 is 0 Å². The molecule has 0 spiro atoms. The Bertz CT molecular complexity index is 925. The average molecular weight is 380 g/mol. The van der Waals surface area contributed by atoms with Crippen LogP contribution in [0.3, 0.4) is 0 Å². The third-order valence-electron chi connectivity index (χ3n) is 5.55. The highest BCUT2D eigenvalue weighted by atomic mass is 16.5. The fraction of sp³-hybridized carbons (Fsp3) is 0.364. The summed E-state index contributed by atoms with van der Waals surface area (Å²) in [6.45, 7) is 0.728. The van der Waals surface area contributed by atoms with Crippen LogP contribution < -0.4 is 14.8 Å². The highest BCUT2D eigenvalue weighted by Crippen LogP contribution is 2.38. The quantitative estimate of drug-likeness (QED) is 0.881. The van der Waals surface area contributed by atoms with Crippen LogP contribution in [0.2, 0.25) is 0 Å². The van der Waals surface area contributed by atoms with Crippen molar-refractivity contribution >= 4 is 17.5 Å². The molecule has 2 aromatic rings. The summed E-state index contributed by atoms with van der Waals surface area (Å²) in [4.78, 5) is 26.7. The maximum atomic E-state index is 13.2. The van der Waals surface area contributed by atoms with Gasteiger partial charge in [-0.1, -0.05) is 6.07 Å². The molecule has 6 nitrogen and oxygen atoms in total. The first-order valence-electron chi connectivity index (χ1n) is 9.56. The summed E-state index contributed by atoms with van der Waals surface area (Å²) >= 11 is 0. The Hall–Kier alpha value is -3.02. The number of likely N-dealkylation sites (tertiary alicyclic amines) is 1. The van der Waals surface area contributed by atoms with Gasteiger partial charge in [0.2, 0.25) is 5.91 Å². The highest BCUT2D eigenvalue weighted by Gasteiger charge is 2.31. The number of rotatable bonds is 4. The molecule has 0 aromatic heterocycles. The molecule has 0 saturated carbocycles. The molecular weight excluding hydrogens is 356 g/mol. The summed E-state index contributed by atoms with van der Waals surface area (Å²) in [5.41, 5.74) is 3.55. The second kappa shape index (κ2) is 7.54. The monoisotopic (exact) mass is 380 g/mol. The fourth-order valence-electron chi connectivity index (χ4n) is 4.10. The van der Waals surface area contributed by atoms with E-state index < -0.39 is 0 Å². The van der Waals surface area contributed by atoms with Crippen LogP contribution in [0.25, 0.3) is 0 Å². The number of benzene rings is 2. The number of nitrogens with one attached hydrogen (secondary N) is 1. The summed E-state index contributed by atoms with van der Waals surface area (Å²) in [5.74, 6) is 1.40. The predicted octanol–water partition coefficient (Wildman–Crippen LogP) is 3.57. The van der Waals surface area contributed by atoms with E-state index in [1.807, 2.05) is 35.2 Å². The van der Waals surface area contributed by atoms with Crippen molar-refractivity contribution in [3.05, 3.63) is 53.1 Å². The molecule has 1 atom stereocenters. The number of fused-ring (bicyclic) bond motifs is 1. The van der Waals surface area contributed by atoms with E-state index in [-0.39, 0.29) is 17.9 Å². The molecule has 28 heavy (non-hydrogen) atoms. The van der Waals surface area contributed by atoms with Gasteiger partial charge in [-0.05, 0) is 60.7 Å². The Morgan fingerprint density at radius 3 is 2.68 bits per heavy atom. The van der Waals surface area contributed by atoms with Crippen LogP contribution in [0.15, 0.2) is 36.4 Å². The third-order valence-corrected chi connectivity index (χ3v) is 5.55. The van der Waals surface area contributed by atoms with Crippen molar-refractivity contribution in [2.75, 3.05) is 26.1 Å². The molecular formula is C22H24N2O4. The van der Waals surface area contributed by atoms with Gasteiger partial charge < -0.3 is 19.7 Å². The molecule has 0 aliphatic carbocycles. The molecule has 2 aromatic carbocycles. The topological polar surface area (TPSA) is 67.9 Å². The third kappa shape index (κ3) is 3.30. The van der Waals surface area contributed by atoms with E-state index in [2.05, 4.69) is 5.32 Å². The van der Waals surface area contributed by atoms with E-state index in [1.165, 1.54) is 0 Å². The number of hydrogen-bond donors (Lipinski definition) is 1. The van der Waals surface area contributed by atoms with Crippen LogP contribution in [0.1, 0.15) is 46.8 Å². The molecule has 1 unspecified atom stereocenters. The fourth-order valence-corrected chi connectivity index (χ4v) is 4.10. The Kier molecular flexibility index (Phi) is 4.94.